The maximum absolute atomic E-state index is 5.73. The van der Waals surface area contributed by atoms with Crippen LogP contribution in [0.4, 0.5) is 5.69 Å². The molecule has 2 aromatic heterocycles. The van der Waals surface area contributed by atoms with Gasteiger partial charge in [0.2, 0.25) is 0 Å². The minimum Gasteiger partial charge on any atom is -0.469 e. The number of rotatable bonds is 6. The Morgan fingerprint density at radius 2 is 1.97 bits per heavy atom. The van der Waals surface area contributed by atoms with Crippen molar-refractivity contribution in [2.45, 2.75) is 27.1 Å². The van der Waals surface area contributed by atoms with Gasteiger partial charge in [-0.05, 0) is 49.8 Å². The van der Waals surface area contributed by atoms with Gasteiger partial charge >= 0.3 is 0 Å². The van der Waals surface area contributed by atoms with Gasteiger partial charge in [-0.2, -0.15) is 5.10 Å². The van der Waals surface area contributed by atoms with E-state index in [9.17, 15) is 0 Å². The number of aromatic nitrogens is 3. The minimum absolute atomic E-state index is 0.625. The highest BCUT2D eigenvalue weighted by molar-refractivity contribution is 7.71. The fourth-order valence-corrected chi connectivity index (χ4v) is 4.06. The summed E-state index contributed by atoms with van der Waals surface area (Å²) in [5.41, 5.74) is 3.57. The van der Waals surface area contributed by atoms with Gasteiger partial charge in [0.1, 0.15) is 5.76 Å². The number of allylic oxidation sites excluding steroid dienone is 1. The number of hydrogen-bond acceptors (Lipinski definition) is 5. The van der Waals surface area contributed by atoms with Crippen molar-refractivity contribution in [3.63, 3.8) is 0 Å². The van der Waals surface area contributed by atoms with Crippen LogP contribution >= 0.6 is 12.2 Å². The lowest BCUT2D eigenvalue weighted by Gasteiger charge is -2.36. The Morgan fingerprint density at radius 1 is 1.17 bits per heavy atom. The molecule has 0 saturated carbocycles. The van der Waals surface area contributed by atoms with Gasteiger partial charge in [0.15, 0.2) is 10.6 Å². The summed E-state index contributed by atoms with van der Waals surface area (Å²) in [5.74, 6) is 1.67. The van der Waals surface area contributed by atoms with Crippen molar-refractivity contribution in [3.8, 4) is 11.4 Å². The predicted molar refractivity (Wildman–Crippen MR) is 119 cm³/mol. The van der Waals surface area contributed by atoms with Crippen LogP contribution in [0.25, 0.3) is 11.4 Å². The zero-order chi connectivity index (χ0) is 20.4. The lowest BCUT2D eigenvalue weighted by atomic mass is 10.2. The van der Waals surface area contributed by atoms with Crippen LogP contribution in [-0.4, -0.2) is 45.4 Å². The summed E-state index contributed by atoms with van der Waals surface area (Å²) in [4.78, 5) is 4.85. The molecule has 3 heterocycles. The predicted octanol–water partition coefficient (Wildman–Crippen LogP) is 4.26. The largest absolute Gasteiger partial charge is 0.469 e. The van der Waals surface area contributed by atoms with E-state index < -0.39 is 0 Å². The van der Waals surface area contributed by atoms with Crippen LogP contribution in [0.15, 0.2) is 53.7 Å². The molecule has 6 nitrogen and oxygen atoms in total. The molecule has 4 rings (SSSR count). The topological polar surface area (TPSA) is 42.4 Å². The van der Waals surface area contributed by atoms with E-state index in [4.69, 9.17) is 21.7 Å². The van der Waals surface area contributed by atoms with Crippen LogP contribution in [0, 0.1) is 18.6 Å². The highest BCUT2D eigenvalue weighted by atomic mass is 32.1. The molecule has 0 bridgehead atoms. The molecule has 152 valence electrons. The van der Waals surface area contributed by atoms with E-state index in [2.05, 4.69) is 47.6 Å². The first kappa shape index (κ1) is 19.7. The number of hydrogen-bond donors (Lipinski definition) is 0. The summed E-state index contributed by atoms with van der Waals surface area (Å²) < 4.78 is 10.1. The van der Waals surface area contributed by atoms with Crippen LogP contribution in [0.3, 0.4) is 0 Å². The summed E-state index contributed by atoms with van der Waals surface area (Å²) >= 11 is 5.73. The molecule has 1 saturated heterocycles. The maximum atomic E-state index is 5.73. The van der Waals surface area contributed by atoms with Crippen molar-refractivity contribution < 1.29 is 4.42 Å². The standard InChI is InChI=1S/C22H27N5OS/c1-4-9-26-21(20-8-14-28-18(20)3)23-27(22(26)29)16-24-10-12-25(13-11-24)19-7-5-6-17(2)15-19/h4-8,14-15H,1,9-13,16H2,2-3H3. The number of anilines is 1. The fraction of sp³-hybridized carbons (Fsp3) is 0.364. The van der Waals surface area contributed by atoms with Crippen LogP contribution in [0.5, 0.6) is 0 Å². The van der Waals surface area contributed by atoms with Gasteiger partial charge in [0.05, 0.1) is 18.5 Å². The summed E-state index contributed by atoms with van der Waals surface area (Å²) in [7, 11) is 0. The SMILES string of the molecule is C=CCn1c(-c2ccoc2C)nn(CN2CCN(c3cccc(C)c3)CC2)c1=S. The molecule has 0 N–H and O–H groups in total. The van der Waals surface area contributed by atoms with Crippen molar-refractivity contribution in [1.29, 1.82) is 0 Å². The summed E-state index contributed by atoms with van der Waals surface area (Å²) in [6, 6.07) is 10.6. The molecule has 1 aliphatic heterocycles. The first-order valence-electron chi connectivity index (χ1n) is 9.94. The lowest BCUT2D eigenvalue weighted by Crippen LogP contribution is -2.47. The van der Waals surface area contributed by atoms with Crippen molar-refractivity contribution in [1.82, 2.24) is 19.2 Å². The average Bonchev–Trinajstić information content (AvgIpc) is 3.27. The number of aryl methyl sites for hydroxylation is 2. The molecule has 1 aliphatic rings. The Morgan fingerprint density at radius 3 is 2.62 bits per heavy atom. The number of nitrogens with zero attached hydrogens (tertiary/aromatic N) is 5. The molecule has 0 unspecified atom stereocenters. The second-order valence-electron chi connectivity index (χ2n) is 7.48. The van der Waals surface area contributed by atoms with Crippen LogP contribution < -0.4 is 4.90 Å². The quantitative estimate of drug-likeness (QED) is 0.450. The van der Waals surface area contributed by atoms with Crippen molar-refractivity contribution in [2.75, 3.05) is 31.1 Å². The van der Waals surface area contributed by atoms with Crippen LogP contribution in [-0.2, 0) is 13.2 Å². The van der Waals surface area contributed by atoms with E-state index in [1.54, 1.807) is 6.26 Å². The van der Waals surface area contributed by atoms with Crippen molar-refractivity contribution in [3.05, 3.63) is 65.3 Å². The molecule has 0 spiro atoms. The molecule has 1 fully saturated rings. The highest BCUT2D eigenvalue weighted by Crippen LogP contribution is 2.24. The summed E-state index contributed by atoms with van der Waals surface area (Å²) in [6.07, 6.45) is 3.54. The normalized spacial score (nSPS) is 15.0. The second kappa shape index (κ2) is 8.39. The van der Waals surface area contributed by atoms with Gasteiger partial charge in [-0.3, -0.25) is 9.47 Å². The van der Waals surface area contributed by atoms with Gasteiger partial charge in [-0.1, -0.05) is 18.2 Å². The Labute approximate surface area is 176 Å². The molecular formula is C22H27N5OS. The van der Waals surface area contributed by atoms with Gasteiger partial charge in [-0.15, -0.1) is 6.58 Å². The summed E-state index contributed by atoms with van der Waals surface area (Å²) in [5, 5.41) is 4.83. The smallest absolute Gasteiger partial charge is 0.199 e. The van der Waals surface area contributed by atoms with Gasteiger partial charge in [0, 0.05) is 38.4 Å². The van der Waals surface area contributed by atoms with E-state index in [0.717, 1.165) is 43.3 Å². The second-order valence-corrected chi connectivity index (χ2v) is 7.85. The van der Waals surface area contributed by atoms with E-state index in [1.807, 2.05) is 28.3 Å². The van der Waals surface area contributed by atoms with E-state index in [0.29, 0.717) is 18.0 Å². The highest BCUT2D eigenvalue weighted by Gasteiger charge is 2.20. The third-order valence-electron chi connectivity index (χ3n) is 5.41. The number of furan rings is 1. The molecule has 0 radical (unpaired) electrons. The van der Waals surface area contributed by atoms with Crippen LogP contribution in [0.1, 0.15) is 11.3 Å². The first-order valence-corrected chi connectivity index (χ1v) is 10.3. The van der Waals surface area contributed by atoms with Crippen LogP contribution in [0.2, 0.25) is 0 Å². The first-order chi connectivity index (χ1) is 14.1. The van der Waals surface area contributed by atoms with E-state index in [1.165, 1.54) is 11.3 Å². The zero-order valence-electron chi connectivity index (χ0n) is 17.0. The maximum Gasteiger partial charge on any atom is 0.199 e. The molecule has 0 aliphatic carbocycles. The molecular weight excluding hydrogens is 382 g/mol. The number of benzene rings is 1. The summed E-state index contributed by atoms with van der Waals surface area (Å²) in [6.45, 7) is 13.2. The monoisotopic (exact) mass is 409 g/mol. The third-order valence-corrected chi connectivity index (χ3v) is 5.84. The van der Waals surface area contributed by atoms with Gasteiger partial charge in [0.25, 0.3) is 0 Å². The Balaban J connectivity index is 1.50. The Hall–Kier alpha value is -2.64. The fourth-order valence-electron chi connectivity index (χ4n) is 3.80. The molecule has 29 heavy (non-hydrogen) atoms. The number of piperazine rings is 1. The third kappa shape index (κ3) is 4.06. The van der Waals surface area contributed by atoms with E-state index in [-0.39, 0.29) is 0 Å². The van der Waals surface area contributed by atoms with Crippen molar-refractivity contribution >= 4 is 17.9 Å². The molecule has 0 atom stereocenters. The van der Waals surface area contributed by atoms with Gasteiger partial charge < -0.3 is 9.32 Å². The molecule has 7 heteroatoms. The van der Waals surface area contributed by atoms with Crippen molar-refractivity contribution in [2.24, 2.45) is 0 Å². The lowest BCUT2D eigenvalue weighted by molar-refractivity contribution is 0.194. The molecule has 0 amide bonds. The molecule has 1 aromatic carbocycles. The Bertz CT molecular complexity index is 1060. The Kier molecular flexibility index (Phi) is 5.69. The van der Waals surface area contributed by atoms with E-state index >= 15 is 0 Å². The van der Waals surface area contributed by atoms with Gasteiger partial charge in [-0.25, -0.2) is 4.68 Å². The minimum atomic E-state index is 0.625. The zero-order valence-corrected chi connectivity index (χ0v) is 17.9. The average molecular weight is 410 g/mol. The molecule has 3 aromatic rings.